The minimum atomic E-state index is -1.05. The maximum absolute atomic E-state index is 15.2. The molecule has 2 atom stereocenters. The Bertz CT molecular complexity index is 2480. The number of rotatable bonds is 7. The molecule has 0 unspecified atom stereocenters. The lowest BCUT2D eigenvalue weighted by Crippen LogP contribution is -2.57. The molecule has 4 fully saturated rings. The number of allylic oxidation sites excluding steroid dienone is 1. The number of amides is 4. The highest BCUT2D eigenvalue weighted by Gasteiger charge is 2.43. The lowest BCUT2D eigenvalue weighted by molar-refractivity contribution is -0.139. The average Bonchev–Trinajstić information content (AvgIpc) is 3.60. The molecule has 6 aliphatic rings. The third-order valence-corrected chi connectivity index (χ3v) is 14.4. The minimum Gasteiger partial charge on any atom is -0.479 e. The van der Waals surface area contributed by atoms with Gasteiger partial charge >= 0.3 is 0 Å². The smallest absolute Gasteiger partial charge is 0.280 e. The molecule has 4 amide bonds. The highest BCUT2D eigenvalue weighted by atomic mass is 19.1. The Kier molecular flexibility index (Phi) is 12.6. The molecule has 1 spiro atoms. The van der Waals surface area contributed by atoms with E-state index in [0.29, 0.717) is 79.4 Å². The number of carbonyl (C=O) groups excluding carboxylic acids is 4. The largest absolute Gasteiger partial charge is 0.479 e. The average molecular weight is 905 g/mol. The summed E-state index contributed by atoms with van der Waals surface area (Å²) in [5.41, 5.74) is 5.21. The van der Waals surface area contributed by atoms with E-state index in [1.165, 1.54) is 23.9 Å². The van der Waals surface area contributed by atoms with Gasteiger partial charge in [-0.25, -0.2) is 8.78 Å². The summed E-state index contributed by atoms with van der Waals surface area (Å²) in [6.07, 6.45) is 6.97. The quantitative estimate of drug-likeness (QED) is 0.163. The first kappa shape index (κ1) is 44.9. The van der Waals surface area contributed by atoms with Crippen molar-refractivity contribution in [3.8, 4) is 0 Å². The van der Waals surface area contributed by atoms with Crippen LogP contribution in [0, 0.1) is 41.2 Å². The Morgan fingerprint density at radius 1 is 0.970 bits per heavy atom. The fraction of sp³-hybridized carbons (Fsp3) is 0.490. The zero-order valence-corrected chi connectivity index (χ0v) is 37.9. The molecule has 9 rings (SSSR count). The normalized spacial score (nSPS) is 24.7. The van der Waals surface area contributed by atoms with Crippen LogP contribution in [0.3, 0.4) is 0 Å². The van der Waals surface area contributed by atoms with E-state index in [2.05, 4.69) is 60.8 Å². The van der Waals surface area contributed by atoms with Crippen molar-refractivity contribution in [2.45, 2.75) is 77.7 Å². The summed E-state index contributed by atoms with van der Waals surface area (Å²) in [5, 5.41) is 16.8. The fourth-order valence-electron chi connectivity index (χ4n) is 10.5. The fourth-order valence-corrected chi connectivity index (χ4v) is 10.5. The van der Waals surface area contributed by atoms with Crippen molar-refractivity contribution in [1.82, 2.24) is 25.4 Å². The standard InChI is InChI=1S/C49H58F2N10O5/c1-29-5-4-18-66-46(53-3)36(24-52)40-21-32(19-30(2)54-40)44(63)57-48-55-39-8-6-31(20-41(39)61(48)25-29)26-58-14-10-49(11-15-58)12-16-59(17-13-49)47(65)33-27-60(28-33)34-22-37(50)43(38(51)23-34)35-7-9-42(62)56-45(35)64/h6,8,19-24,29,33,35,52-53H,4-5,7,9-18,25-28H2,1-3H3,(H,55,57,63)(H,56,62,64)/b46-36-,52-24?/t29-,35-/m1/s1. The number of nitrogens with one attached hydrogen (secondary N) is 4. The number of carbonyl (C=O) groups is 4. The second-order valence-corrected chi connectivity index (χ2v) is 19.0. The van der Waals surface area contributed by atoms with Crippen LogP contribution in [0.5, 0.6) is 0 Å². The molecule has 4 saturated heterocycles. The number of hydrogen-bond acceptors (Lipinski definition) is 12. The predicted molar refractivity (Wildman–Crippen MR) is 247 cm³/mol. The van der Waals surface area contributed by atoms with Gasteiger partial charge < -0.3 is 35.5 Å². The van der Waals surface area contributed by atoms with Gasteiger partial charge in [-0.3, -0.25) is 34.4 Å². The van der Waals surface area contributed by atoms with Crippen molar-refractivity contribution in [1.29, 1.82) is 5.41 Å². The van der Waals surface area contributed by atoms with Gasteiger partial charge in [0, 0.05) is 81.5 Å². The summed E-state index contributed by atoms with van der Waals surface area (Å²) in [6.45, 7) is 9.98. The van der Waals surface area contributed by atoms with Gasteiger partial charge in [-0.2, -0.15) is 4.99 Å². The van der Waals surface area contributed by atoms with Crippen molar-refractivity contribution in [2.24, 2.45) is 22.2 Å². The lowest BCUT2D eigenvalue weighted by atomic mass is 9.71. The molecular formula is C49H58F2N10O5. The molecule has 3 aromatic rings. The number of nitrogens with zero attached hydrogens (tertiary/aromatic N) is 6. The van der Waals surface area contributed by atoms with Crippen LogP contribution < -0.4 is 25.8 Å². The van der Waals surface area contributed by atoms with E-state index in [0.717, 1.165) is 69.5 Å². The predicted octanol–water partition coefficient (Wildman–Crippen LogP) is 5.94. The zero-order valence-electron chi connectivity index (χ0n) is 37.9. The van der Waals surface area contributed by atoms with Gasteiger partial charge in [-0.05, 0) is 118 Å². The molecule has 0 saturated carbocycles. The molecule has 1 aromatic heterocycles. The number of benzene rings is 2. The third-order valence-electron chi connectivity index (χ3n) is 14.4. The number of ether oxygens (including phenoxy) is 1. The number of anilines is 3. The number of pyridine rings is 1. The molecule has 17 heteroatoms. The van der Waals surface area contributed by atoms with Crippen LogP contribution in [-0.4, -0.2) is 110 Å². The van der Waals surface area contributed by atoms with Crippen LogP contribution in [0.1, 0.15) is 97.1 Å². The van der Waals surface area contributed by atoms with Crippen LogP contribution >= 0.6 is 0 Å². The van der Waals surface area contributed by atoms with Crippen LogP contribution in [0.2, 0.25) is 0 Å². The number of piperidine rings is 3. The highest BCUT2D eigenvalue weighted by Crippen LogP contribution is 2.43. The van der Waals surface area contributed by atoms with E-state index in [1.54, 1.807) is 24.1 Å². The molecule has 66 heavy (non-hydrogen) atoms. The van der Waals surface area contributed by atoms with Crippen molar-refractivity contribution in [2.75, 3.05) is 74.6 Å². The van der Waals surface area contributed by atoms with Crippen LogP contribution in [0.15, 0.2) is 53.3 Å². The van der Waals surface area contributed by atoms with Crippen molar-refractivity contribution >= 4 is 58.4 Å². The first-order valence-electron chi connectivity index (χ1n) is 23.2. The van der Waals surface area contributed by atoms with Crippen molar-refractivity contribution in [3.63, 3.8) is 0 Å². The molecule has 0 aliphatic carbocycles. The summed E-state index contributed by atoms with van der Waals surface area (Å²) in [7, 11) is 1.74. The van der Waals surface area contributed by atoms with Gasteiger partial charge in [0.1, 0.15) is 11.6 Å². The molecule has 0 radical (unpaired) electrons. The van der Waals surface area contributed by atoms with Gasteiger partial charge in [-0.1, -0.05) is 13.0 Å². The molecule has 2 bridgehead atoms. The molecule has 348 valence electrons. The van der Waals surface area contributed by atoms with E-state index >= 15 is 8.78 Å². The van der Waals surface area contributed by atoms with Gasteiger partial charge in [0.05, 0.1) is 41.1 Å². The zero-order chi connectivity index (χ0) is 46.3. The minimum absolute atomic E-state index is 0.0282. The Hall–Kier alpha value is -6.23. The van der Waals surface area contributed by atoms with Crippen LogP contribution in [0.4, 0.5) is 25.8 Å². The van der Waals surface area contributed by atoms with Crippen LogP contribution in [0.25, 0.3) is 5.57 Å². The van der Waals surface area contributed by atoms with Gasteiger partial charge in [0.2, 0.25) is 23.7 Å². The van der Waals surface area contributed by atoms with E-state index in [4.69, 9.17) is 10.1 Å². The molecule has 6 aliphatic heterocycles. The number of fused-ring (bicyclic) bond motifs is 5. The molecular weight excluding hydrogens is 847 g/mol. The monoisotopic (exact) mass is 904 g/mol. The molecule has 2 aromatic carbocycles. The Labute approximate surface area is 383 Å². The Balaban J connectivity index is 0.795. The number of guanidine groups is 1. The van der Waals surface area contributed by atoms with E-state index < -0.39 is 35.3 Å². The summed E-state index contributed by atoms with van der Waals surface area (Å²) < 4.78 is 36.5. The second kappa shape index (κ2) is 18.6. The number of likely N-dealkylation sites (tertiary alicyclic amines) is 2. The van der Waals surface area contributed by atoms with Crippen LogP contribution in [-0.2, 0) is 25.7 Å². The first-order chi connectivity index (χ1) is 31.8. The number of halogens is 2. The molecule has 4 N–H and O–H groups in total. The maximum Gasteiger partial charge on any atom is 0.280 e. The summed E-state index contributed by atoms with van der Waals surface area (Å²) in [6, 6.07) is 12.3. The second-order valence-electron chi connectivity index (χ2n) is 19.0. The van der Waals surface area contributed by atoms with Gasteiger partial charge in [-0.15, -0.1) is 0 Å². The lowest BCUT2D eigenvalue weighted by Gasteiger charge is -2.49. The van der Waals surface area contributed by atoms with Crippen molar-refractivity contribution < 1.29 is 32.7 Å². The van der Waals surface area contributed by atoms with Gasteiger partial charge in [0.25, 0.3) is 5.91 Å². The number of aromatic nitrogens is 1. The first-order valence-corrected chi connectivity index (χ1v) is 23.2. The van der Waals surface area contributed by atoms with Crippen molar-refractivity contribution in [3.05, 3.63) is 88.1 Å². The van der Waals surface area contributed by atoms with E-state index in [-0.39, 0.29) is 41.6 Å². The number of aryl methyl sites for hydroxylation is 1. The Morgan fingerprint density at radius 3 is 2.39 bits per heavy atom. The number of hydrogen-bond donors (Lipinski definition) is 4. The Morgan fingerprint density at radius 2 is 1.70 bits per heavy atom. The highest BCUT2D eigenvalue weighted by molar-refractivity contribution is 6.19. The maximum atomic E-state index is 15.2. The number of imide groups is 1. The van der Waals surface area contributed by atoms with Gasteiger partial charge in [0.15, 0.2) is 5.88 Å². The molecule has 15 nitrogen and oxygen atoms in total. The molecule has 7 heterocycles. The topological polar surface area (TPSA) is 176 Å². The summed E-state index contributed by atoms with van der Waals surface area (Å²) >= 11 is 0. The third kappa shape index (κ3) is 9.13. The summed E-state index contributed by atoms with van der Waals surface area (Å²) in [5.74, 6) is -3.21. The SMILES string of the molecule is CN/C1=C(\C=N)c2cc(cc(C)n2)C(=O)/N=C2\Nc3ccc(CN4CCC5(CC4)CCN(C(=O)C4CN(c6cc(F)c([C@H]7CCC(=O)NC7=O)c(F)c6)C4)CC5)cc3N2C[C@H](C)CCCO1. The summed E-state index contributed by atoms with van der Waals surface area (Å²) in [4.78, 5) is 68.9. The van der Waals surface area contributed by atoms with E-state index in [1.807, 2.05) is 11.8 Å². The van der Waals surface area contributed by atoms with E-state index in [9.17, 15) is 19.2 Å². The number of aliphatic imine (C=N–C) groups is 1.